The van der Waals surface area contributed by atoms with Crippen molar-refractivity contribution in [1.82, 2.24) is 5.32 Å². The molecule has 0 bridgehead atoms. The summed E-state index contributed by atoms with van der Waals surface area (Å²) in [5.74, 6) is 0. The summed E-state index contributed by atoms with van der Waals surface area (Å²) in [6, 6.07) is 10.5. The van der Waals surface area contributed by atoms with Crippen molar-refractivity contribution < 1.29 is 9.47 Å². The minimum atomic E-state index is 0.281. The Bertz CT molecular complexity index is 277. The largest absolute Gasteiger partial charge is 0.383 e. The monoisotopic (exact) mass is 237 g/mol. The molecule has 0 amide bonds. The van der Waals surface area contributed by atoms with Gasteiger partial charge in [0, 0.05) is 7.11 Å². The predicted octanol–water partition coefficient (Wildman–Crippen LogP) is 2.22. The molecule has 1 atom stereocenters. The first-order valence-electron chi connectivity index (χ1n) is 6.20. The van der Waals surface area contributed by atoms with E-state index in [0.29, 0.717) is 19.8 Å². The van der Waals surface area contributed by atoms with Gasteiger partial charge in [-0.15, -0.1) is 0 Å². The Labute approximate surface area is 104 Å². The Hall–Kier alpha value is -0.900. The second kappa shape index (κ2) is 9.16. The van der Waals surface area contributed by atoms with Gasteiger partial charge in [-0.1, -0.05) is 37.3 Å². The average molecular weight is 237 g/mol. The summed E-state index contributed by atoms with van der Waals surface area (Å²) < 4.78 is 10.9. The van der Waals surface area contributed by atoms with Gasteiger partial charge < -0.3 is 14.8 Å². The average Bonchev–Trinajstić information content (AvgIpc) is 2.37. The quantitative estimate of drug-likeness (QED) is 0.714. The van der Waals surface area contributed by atoms with E-state index in [1.54, 1.807) is 7.11 Å². The zero-order valence-corrected chi connectivity index (χ0v) is 10.8. The van der Waals surface area contributed by atoms with Crippen molar-refractivity contribution in [3.05, 3.63) is 35.9 Å². The van der Waals surface area contributed by atoms with E-state index < -0.39 is 0 Å². The molecule has 0 spiro atoms. The van der Waals surface area contributed by atoms with Crippen LogP contribution in [0.3, 0.4) is 0 Å². The molecular weight excluding hydrogens is 214 g/mol. The molecule has 3 heteroatoms. The number of rotatable bonds is 9. The van der Waals surface area contributed by atoms with Crippen molar-refractivity contribution in [3.63, 3.8) is 0 Å². The first kappa shape index (κ1) is 14.2. The van der Waals surface area contributed by atoms with Crippen LogP contribution in [0.1, 0.15) is 18.9 Å². The Balaban J connectivity index is 2.22. The lowest BCUT2D eigenvalue weighted by Gasteiger charge is -2.17. The Morgan fingerprint density at radius 3 is 2.59 bits per heavy atom. The molecule has 0 aliphatic rings. The molecule has 0 aliphatic carbocycles. The van der Waals surface area contributed by atoms with Crippen molar-refractivity contribution in [2.45, 2.75) is 26.0 Å². The second-order valence-corrected chi connectivity index (χ2v) is 4.11. The summed E-state index contributed by atoms with van der Waals surface area (Å²) >= 11 is 0. The van der Waals surface area contributed by atoms with E-state index in [1.807, 2.05) is 18.2 Å². The molecule has 1 N–H and O–H groups in total. The maximum Gasteiger partial charge on any atom is 0.0717 e. The van der Waals surface area contributed by atoms with Crippen LogP contribution in [0.25, 0.3) is 0 Å². The summed E-state index contributed by atoms with van der Waals surface area (Å²) in [6.07, 6.45) is 1.12. The van der Waals surface area contributed by atoms with Crippen LogP contribution < -0.4 is 5.32 Å². The topological polar surface area (TPSA) is 30.5 Å². The van der Waals surface area contributed by atoms with Crippen LogP contribution in [0.2, 0.25) is 0 Å². The number of ether oxygens (including phenoxy) is 2. The van der Waals surface area contributed by atoms with Gasteiger partial charge in [0.2, 0.25) is 0 Å². The van der Waals surface area contributed by atoms with E-state index in [9.17, 15) is 0 Å². The third kappa shape index (κ3) is 6.41. The number of benzene rings is 1. The van der Waals surface area contributed by atoms with Crippen LogP contribution in [0.15, 0.2) is 30.3 Å². The van der Waals surface area contributed by atoms with Gasteiger partial charge in [0.1, 0.15) is 0 Å². The highest BCUT2D eigenvalue weighted by Crippen LogP contribution is 2.01. The predicted molar refractivity (Wildman–Crippen MR) is 70.1 cm³/mol. The minimum Gasteiger partial charge on any atom is -0.383 e. The normalized spacial score (nSPS) is 12.6. The third-order valence-electron chi connectivity index (χ3n) is 2.48. The highest BCUT2D eigenvalue weighted by Gasteiger charge is 2.07. The van der Waals surface area contributed by atoms with Crippen LogP contribution in [0.5, 0.6) is 0 Å². The lowest BCUT2D eigenvalue weighted by atomic mass is 10.2. The van der Waals surface area contributed by atoms with Crippen LogP contribution in [-0.4, -0.2) is 32.9 Å². The van der Waals surface area contributed by atoms with Crippen molar-refractivity contribution >= 4 is 0 Å². The fourth-order valence-corrected chi connectivity index (χ4v) is 1.61. The van der Waals surface area contributed by atoms with Gasteiger partial charge in [-0.05, 0) is 18.5 Å². The standard InChI is InChI=1S/C14H23NO2/c1-3-9-15-14(11-16-2)12-17-10-13-7-5-4-6-8-13/h4-8,14-15H,3,9-12H2,1-2H3. The summed E-state index contributed by atoms with van der Waals surface area (Å²) in [5.41, 5.74) is 1.21. The van der Waals surface area contributed by atoms with Crippen molar-refractivity contribution in [1.29, 1.82) is 0 Å². The smallest absolute Gasteiger partial charge is 0.0717 e. The fraction of sp³-hybridized carbons (Fsp3) is 0.571. The summed E-state index contributed by atoms with van der Waals surface area (Å²) in [6.45, 7) is 5.19. The summed E-state index contributed by atoms with van der Waals surface area (Å²) in [4.78, 5) is 0. The molecule has 0 aromatic heterocycles. The molecule has 0 radical (unpaired) electrons. The molecule has 0 aliphatic heterocycles. The first-order valence-corrected chi connectivity index (χ1v) is 6.20. The van der Waals surface area contributed by atoms with Gasteiger partial charge in [0.15, 0.2) is 0 Å². The van der Waals surface area contributed by atoms with Crippen LogP contribution >= 0.6 is 0 Å². The van der Waals surface area contributed by atoms with Crippen molar-refractivity contribution in [2.75, 3.05) is 26.9 Å². The Morgan fingerprint density at radius 2 is 1.94 bits per heavy atom. The maximum absolute atomic E-state index is 5.69. The molecule has 17 heavy (non-hydrogen) atoms. The van der Waals surface area contributed by atoms with E-state index in [4.69, 9.17) is 9.47 Å². The molecule has 0 fully saturated rings. The molecular formula is C14H23NO2. The fourth-order valence-electron chi connectivity index (χ4n) is 1.61. The molecule has 3 nitrogen and oxygen atoms in total. The van der Waals surface area contributed by atoms with E-state index in [1.165, 1.54) is 5.56 Å². The van der Waals surface area contributed by atoms with Crippen molar-refractivity contribution in [2.24, 2.45) is 0 Å². The first-order chi connectivity index (χ1) is 8.36. The molecule has 96 valence electrons. The van der Waals surface area contributed by atoms with Gasteiger partial charge in [0.05, 0.1) is 25.9 Å². The van der Waals surface area contributed by atoms with Crippen LogP contribution in [0.4, 0.5) is 0 Å². The lowest BCUT2D eigenvalue weighted by Crippen LogP contribution is -2.37. The van der Waals surface area contributed by atoms with Gasteiger partial charge in [-0.25, -0.2) is 0 Å². The zero-order valence-electron chi connectivity index (χ0n) is 10.8. The zero-order chi connectivity index (χ0) is 12.3. The Kier molecular flexibility index (Phi) is 7.63. The van der Waals surface area contributed by atoms with Gasteiger partial charge in [-0.2, -0.15) is 0 Å². The summed E-state index contributed by atoms with van der Waals surface area (Å²) in [5, 5.41) is 3.41. The van der Waals surface area contributed by atoms with E-state index in [0.717, 1.165) is 13.0 Å². The third-order valence-corrected chi connectivity index (χ3v) is 2.48. The molecule has 1 aromatic rings. The number of hydrogen-bond donors (Lipinski definition) is 1. The van der Waals surface area contributed by atoms with Gasteiger partial charge in [-0.3, -0.25) is 0 Å². The molecule has 0 heterocycles. The van der Waals surface area contributed by atoms with E-state index in [-0.39, 0.29) is 6.04 Å². The van der Waals surface area contributed by atoms with Gasteiger partial charge in [0.25, 0.3) is 0 Å². The number of nitrogens with one attached hydrogen (secondary N) is 1. The summed E-state index contributed by atoms with van der Waals surface area (Å²) in [7, 11) is 1.72. The Morgan fingerprint density at radius 1 is 1.18 bits per heavy atom. The van der Waals surface area contributed by atoms with E-state index >= 15 is 0 Å². The molecule has 0 saturated carbocycles. The minimum absolute atomic E-state index is 0.281. The molecule has 1 unspecified atom stereocenters. The van der Waals surface area contributed by atoms with Crippen molar-refractivity contribution in [3.8, 4) is 0 Å². The van der Waals surface area contributed by atoms with Gasteiger partial charge >= 0.3 is 0 Å². The molecule has 1 aromatic carbocycles. The van der Waals surface area contributed by atoms with E-state index in [2.05, 4.69) is 24.4 Å². The van der Waals surface area contributed by atoms with Crippen LogP contribution in [-0.2, 0) is 16.1 Å². The highest BCUT2D eigenvalue weighted by molar-refractivity contribution is 5.13. The highest BCUT2D eigenvalue weighted by atomic mass is 16.5. The molecule has 1 rings (SSSR count). The lowest BCUT2D eigenvalue weighted by molar-refractivity contribution is 0.0657. The SMILES string of the molecule is CCCNC(COC)COCc1ccccc1. The maximum atomic E-state index is 5.69. The van der Waals surface area contributed by atoms with Crippen LogP contribution in [0, 0.1) is 0 Å². The second-order valence-electron chi connectivity index (χ2n) is 4.11. The number of methoxy groups -OCH3 is 1. The number of hydrogen-bond acceptors (Lipinski definition) is 3. The molecule has 0 saturated heterocycles.